The number of benzene rings is 2. The van der Waals surface area contributed by atoms with Crippen molar-refractivity contribution < 1.29 is 14.1 Å². The van der Waals surface area contributed by atoms with Crippen LogP contribution in [0.1, 0.15) is 26.5 Å². The molecule has 1 heterocycles. The quantitative estimate of drug-likeness (QED) is 0.660. The van der Waals surface area contributed by atoms with Crippen molar-refractivity contribution in [1.29, 1.82) is 0 Å². The first kappa shape index (κ1) is 16.9. The molecule has 0 radical (unpaired) electrons. The van der Waals surface area contributed by atoms with Gasteiger partial charge >= 0.3 is 0 Å². The zero-order chi connectivity index (χ0) is 17.8. The van der Waals surface area contributed by atoms with Gasteiger partial charge in [0.25, 0.3) is 11.8 Å². The Morgan fingerprint density at radius 1 is 0.960 bits per heavy atom. The Labute approximate surface area is 152 Å². The zero-order valence-electron chi connectivity index (χ0n) is 13.2. The number of carbonyl (C=O) groups excluding carboxylic acids is 2. The van der Waals surface area contributed by atoms with E-state index in [0.29, 0.717) is 17.0 Å². The summed E-state index contributed by atoms with van der Waals surface area (Å²) in [5.74, 6) is -0.548. The molecule has 2 amide bonds. The number of nitrogens with zero attached hydrogens (tertiary/aromatic N) is 1. The topological polar surface area (TPSA) is 84.2 Å². The number of amides is 2. The number of hydrazine groups is 1. The Bertz CT molecular complexity index is 905. The van der Waals surface area contributed by atoms with Crippen molar-refractivity contribution in [3.63, 3.8) is 0 Å². The smallest absolute Gasteiger partial charge is 0.275 e. The highest BCUT2D eigenvalue weighted by molar-refractivity contribution is 9.10. The molecule has 3 rings (SSSR count). The van der Waals surface area contributed by atoms with Crippen LogP contribution < -0.4 is 10.9 Å². The maximum absolute atomic E-state index is 12.5. The first-order chi connectivity index (χ1) is 12.1. The Kier molecular flexibility index (Phi) is 4.95. The Hall–Kier alpha value is -2.93. The normalized spacial score (nSPS) is 10.3. The van der Waals surface area contributed by atoms with E-state index in [-0.39, 0.29) is 5.56 Å². The second-order valence-corrected chi connectivity index (χ2v) is 6.16. The number of rotatable bonds is 3. The molecule has 2 N–H and O–H groups in total. The summed E-state index contributed by atoms with van der Waals surface area (Å²) < 4.78 is 6.01. The number of aryl methyl sites for hydroxylation is 1. The molecule has 0 saturated carbocycles. The first-order valence-corrected chi connectivity index (χ1v) is 8.23. The van der Waals surface area contributed by atoms with Crippen LogP contribution in [0.15, 0.2) is 63.6 Å². The number of nitrogens with one attached hydrogen (secondary N) is 2. The monoisotopic (exact) mass is 399 g/mol. The molecule has 0 fully saturated rings. The average Bonchev–Trinajstić information content (AvgIpc) is 3.02. The van der Waals surface area contributed by atoms with Crippen molar-refractivity contribution in [2.75, 3.05) is 0 Å². The van der Waals surface area contributed by atoms with Crippen LogP contribution in [0.5, 0.6) is 0 Å². The Morgan fingerprint density at radius 3 is 2.28 bits per heavy atom. The Balaban J connectivity index is 1.75. The fraction of sp³-hybridized carbons (Fsp3) is 0.0556. The molecular formula is C18H14BrN3O3. The van der Waals surface area contributed by atoms with Crippen LogP contribution in [0.2, 0.25) is 0 Å². The fourth-order valence-electron chi connectivity index (χ4n) is 2.28. The molecule has 0 saturated heterocycles. The molecule has 2 aromatic carbocycles. The molecule has 7 heteroatoms. The van der Waals surface area contributed by atoms with Crippen molar-refractivity contribution in [1.82, 2.24) is 16.0 Å². The molecule has 0 unspecified atom stereocenters. The van der Waals surface area contributed by atoms with E-state index in [1.807, 2.05) is 30.3 Å². The molecule has 3 aromatic rings. The maximum Gasteiger partial charge on any atom is 0.275 e. The van der Waals surface area contributed by atoms with E-state index in [1.165, 1.54) is 0 Å². The molecule has 0 aliphatic carbocycles. The van der Waals surface area contributed by atoms with E-state index < -0.39 is 11.8 Å². The van der Waals surface area contributed by atoms with Crippen LogP contribution in [0.3, 0.4) is 0 Å². The lowest BCUT2D eigenvalue weighted by molar-refractivity contribution is 0.0846. The summed E-state index contributed by atoms with van der Waals surface area (Å²) in [5, 5.41) is 3.95. The highest BCUT2D eigenvalue weighted by Gasteiger charge is 2.22. The van der Waals surface area contributed by atoms with Crippen molar-refractivity contribution in [2.45, 2.75) is 6.92 Å². The van der Waals surface area contributed by atoms with E-state index in [2.05, 4.69) is 31.9 Å². The number of hydrogen-bond donors (Lipinski definition) is 2. The predicted molar refractivity (Wildman–Crippen MR) is 95.8 cm³/mol. The number of hydrogen-bond acceptors (Lipinski definition) is 4. The fourth-order valence-corrected chi connectivity index (χ4v) is 2.55. The molecular weight excluding hydrogens is 386 g/mol. The predicted octanol–water partition coefficient (Wildman–Crippen LogP) is 3.49. The first-order valence-electron chi connectivity index (χ1n) is 7.44. The van der Waals surface area contributed by atoms with Crippen LogP contribution in [0.4, 0.5) is 0 Å². The van der Waals surface area contributed by atoms with Gasteiger partial charge in [-0.25, -0.2) is 0 Å². The third-order valence-electron chi connectivity index (χ3n) is 3.53. The van der Waals surface area contributed by atoms with Gasteiger partial charge in [0.2, 0.25) is 0 Å². The lowest BCUT2D eigenvalue weighted by Gasteiger charge is -2.08. The molecule has 0 spiro atoms. The second kappa shape index (κ2) is 7.31. The highest BCUT2D eigenvalue weighted by atomic mass is 79.9. The van der Waals surface area contributed by atoms with Crippen LogP contribution in [0, 0.1) is 6.92 Å². The standard InChI is InChI=1S/C18H14BrN3O3/c1-11-15(16(22-25-11)12-5-3-2-4-6-12)18(24)21-20-17(23)13-7-9-14(19)10-8-13/h2-10H,1H3,(H,20,23)(H,21,24). The van der Waals surface area contributed by atoms with Gasteiger partial charge in [0, 0.05) is 15.6 Å². The van der Waals surface area contributed by atoms with Crippen molar-refractivity contribution in [2.24, 2.45) is 0 Å². The minimum absolute atomic E-state index is 0.280. The van der Waals surface area contributed by atoms with Gasteiger partial charge in [0.1, 0.15) is 17.0 Å². The van der Waals surface area contributed by atoms with Gasteiger partial charge in [-0.2, -0.15) is 0 Å². The van der Waals surface area contributed by atoms with Crippen LogP contribution in [0.25, 0.3) is 11.3 Å². The van der Waals surface area contributed by atoms with Crippen molar-refractivity contribution in [3.05, 3.63) is 76.0 Å². The minimum atomic E-state index is -0.497. The maximum atomic E-state index is 12.5. The molecule has 1 aromatic heterocycles. The molecule has 6 nitrogen and oxygen atoms in total. The second-order valence-electron chi connectivity index (χ2n) is 5.24. The lowest BCUT2D eigenvalue weighted by Crippen LogP contribution is -2.41. The third kappa shape index (κ3) is 3.77. The van der Waals surface area contributed by atoms with E-state index in [9.17, 15) is 9.59 Å². The van der Waals surface area contributed by atoms with E-state index in [4.69, 9.17) is 4.52 Å². The van der Waals surface area contributed by atoms with Crippen molar-refractivity contribution in [3.8, 4) is 11.3 Å². The SMILES string of the molecule is Cc1onc(-c2ccccc2)c1C(=O)NNC(=O)c1ccc(Br)cc1. The van der Waals surface area contributed by atoms with Gasteiger partial charge in [-0.3, -0.25) is 20.4 Å². The van der Waals surface area contributed by atoms with Gasteiger partial charge in [-0.05, 0) is 31.2 Å². The van der Waals surface area contributed by atoms with Gasteiger partial charge in [0.15, 0.2) is 0 Å². The third-order valence-corrected chi connectivity index (χ3v) is 4.06. The minimum Gasteiger partial charge on any atom is -0.360 e. The van der Waals surface area contributed by atoms with E-state index in [1.54, 1.807) is 31.2 Å². The summed E-state index contributed by atoms with van der Waals surface area (Å²) >= 11 is 3.30. The van der Waals surface area contributed by atoms with Crippen LogP contribution in [-0.2, 0) is 0 Å². The lowest BCUT2D eigenvalue weighted by atomic mass is 10.1. The molecule has 0 aliphatic heterocycles. The van der Waals surface area contributed by atoms with E-state index >= 15 is 0 Å². The summed E-state index contributed by atoms with van der Waals surface area (Å²) in [6, 6.07) is 16.0. The largest absolute Gasteiger partial charge is 0.360 e. The zero-order valence-corrected chi connectivity index (χ0v) is 14.8. The van der Waals surface area contributed by atoms with Gasteiger partial charge in [-0.1, -0.05) is 51.4 Å². The summed E-state index contributed by atoms with van der Waals surface area (Å²) in [6.45, 7) is 1.64. The van der Waals surface area contributed by atoms with Gasteiger partial charge in [0.05, 0.1) is 0 Å². The summed E-state index contributed by atoms with van der Waals surface area (Å²) in [5.41, 5.74) is 6.67. The number of aromatic nitrogens is 1. The molecule has 0 atom stereocenters. The van der Waals surface area contributed by atoms with E-state index in [0.717, 1.165) is 10.0 Å². The Morgan fingerprint density at radius 2 is 1.60 bits per heavy atom. The number of carbonyl (C=O) groups is 2. The molecule has 0 aliphatic rings. The highest BCUT2D eigenvalue weighted by Crippen LogP contribution is 2.24. The average molecular weight is 400 g/mol. The summed E-state index contributed by atoms with van der Waals surface area (Å²) in [7, 11) is 0. The van der Waals surface area contributed by atoms with Crippen LogP contribution >= 0.6 is 15.9 Å². The summed E-state index contributed by atoms with van der Waals surface area (Å²) in [6.07, 6.45) is 0. The molecule has 126 valence electrons. The van der Waals surface area contributed by atoms with Crippen molar-refractivity contribution >= 4 is 27.7 Å². The van der Waals surface area contributed by atoms with Gasteiger partial charge in [-0.15, -0.1) is 0 Å². The number of halogens is 1. The van der Waals surface area contributed by atoms with Crippen LogP contribution in [-0.4, -0.2) is 17.0 Å². The summed E-state index contributed by atoms with van der Waals surface area (Å²) in [4.78, 5) is 24.6. The van der Waals surface area contributed by atoms with Gasteiger partial charge < -0.3 is 4.52 Å². The molecule has 25 heavy (non-hydrogen) atoms. The molecule has 0 bridgehead atoms.